The van der Waals surface area contributed by atoms with E-state index in [2.05, 4.69) is 15.0 Å². The van der Waals surface area contributed by atoms with E-state index in [9.17, 15) is 29.7 Å². The molecule has 3 aliphatic carbocycles. The van der Waals surface area contributed by atoms with Crippen molar-refractivity contribution < 1.29 is 43.9 Å². The summed E-state index contributed by atoms with van der Waals surface area (Å²) in [6.45, 7) is 19.8. The Hall–Kier alpha value is -3.52. The molecule has 0 aromatic carbocycles. The van der Waals surface area contributed by atoms with E-state index in [0.29, 0.717) is 131 Å². The predicted molar refractivity (Wildman–Crippen MR) is 220 cm³/mol. The van der Waals surface area contributed by atoms with E-state index < -0.39 is 5.54 Å². The minimum absolute atomic E-state index is 0.0895. The Morgan fingerprint density at radius 2 is 0.786 bits per heavy atom. The molecule has 0 saturated carbocycles. The zero-order valence-electron chi connectivity index (χ0n) is 35.4. The molecular weight excluding hydrogens is 716 g/mol. The number of aliphatic hydroxyl groups is 3. The number of nitrogens with zero attached hydrogens (tertiary/aromatic N) is 3. The summed E-state index contributed by atoms with van der Waals surface area (Å²) >= 11 is 0. The molecule has 0 spiro atoms. The lowest BCUT2D eigenvalue weighted by molar-refractivity contribution is -0.118. The van der Waals surface area contributed by atoms with E-state index in [4.69, 9.17) is 19.9 Å². The molecule has 314 valence electrons. The molecule has 3 aliphatic rings. The minimum atomic E-state index is -0.967. The Labute approximate surface area is 333 Å². The van der Waals surface area contributed by atoms with Crippen LogP contribution < -0.4 is 5.73 Å². The van der Waals surface area contributed by atoms with Gasteiger partial charge in [-0.25, -0.2) is 0 Å². The molecule has 0 aromatic rings. The molecule has 0 fully saturated rings. The number of allylic oxidation sites excluding steroid dienone is 6. The van der Waals surface area contributed by atoms with Gasteiger partial charge in [0, 0.05) is 95.1 Å². The van der Waals surface area contributed by atoms with E-state index in [-0.39, 0.29) is 70.7 Å². The van der Waals surface area contributed by atoms with E-state index in [1.807, 2.05) is 41.5 Å². The number of hydrogen-bond donors (Lipinski definition) is 4. The highest BCUT2D eigenvalue weighted by molar-refractivity contribution is 6.23. The Bertz CT molecular complexity index is 1460. The van der Waals surface area contributed by atoms with Crippen molar-refractivity contribution in [2.45, 2.75) is 126 Å². The molecule has 0 atom stereocenters. The van der Waals surface area contributed by atoms with Crippen molar-refractivity contribution in [3.05, 3.63) is 34.0 Å². The number of aliphatic imine (C=N–C) groups is 3. The van der Waals surface area contributed by atoms with Gasteiger partial charge in [0.2, 0.25) is 0 Å². The number of nitrogens with two attached hydrogens (primary N) is 1. The average molecular weight is 785 g/mol. The highest BCUT2D eigenvalue weighted by Gasteiger charge is 2.36. The number of rotatable bonds is 21. The fraction of sp³-hybridized carbons (Fsp3) is 0.721. The van der Waals surface area contributed by atoms with Gasteiger partial charge in [-0.15, -0.1) is 0 Å². The maximum atomic E-state index is 12.7. The summed E-state index contributed by atoms with van der Waals surface area (Å²) in [5.41, 5.74) is 7.56. The van der Waals surface area contributed by atoms with Gasteiger partial charge in [0.25, 0.3) is 0 Å². The zero-order valence-corrected chi connectivity index (χ0v) is 35.4. The summed E-state index contributed by atoms with van der Waals surface area (Å²) in [7, 11) is 0. The summed E-state index contributed by atoms with van der Waals surface area (Å²) in [4.78, 5) is 51.5. The first-order chi connectivity index (χ1) is 26.1. The number of ketones is 3. The first-order valence-corrected chi connectivity index (χ1v) is 20.0. The van der Waals surface area contributed by atoms with Crippen LogP contribution in [0.15, 0.2) is 49.0 Å². The van der Waals surface area contributed by atoms with Crippen LogP contribution in [0.25, 0.3) is 0 Å². The van der Waals surface area contributed by atoms with E-state index in [1.165, 1.54) is 0 Å². The largest absolute Gasteiger partial charge is 0.511 e. The van der Waals surface area contributed by atoms with Crippen molar-refractivity contribution in [1.29, 1.82) is 0 Å². The normalized spacial score (nSPS) is 22.0. The Kier molecular flexibility index (Phi) is 16.9. The van der Waals surface area contributed by atoms with Gasteiger partial charge < -0.3 is 35.3 Å². The Morgan fingerprint density at radius 1 is 0.536 bits per heavy atom. The SMILES string of the molecule is CC(=NCCCOCC(N)(COCCCN=C(C)C1=C(O)CC(C)(C)CC1=O)COCCCN=C(C)C1=C(O)CC(C)(C)CC1=O)C1=C(O)CC(C)(C)CC1=O. The van der Waals surface area contributed by atoms with Crippen LogP contribution >= 0.6 is 0 Å². The molecule has 56 heavy (non-hydrogen) atoms. The van der Waals surface area contributed by atoms with Crippen LogP contribution in [0.2, 0.25) is 0 Å². The van der Waals surface area contributed by atoms with Crippen molar-refractivity contribution in [3.8, 4) is 0 Å². The summed E-state index contributed by atoms with van der Waals surface area (Å²) in [5.74, 6) is 0.0254. The zero-order chi connectivity index (χ0) is 41.9. The van der Waals surface area contributed by atoms with Gasteiger partial charge in [-0.2, -0.15) is 0 Å². The summed E-state index contributed by atoms with van der Waals surface area (Å²) in [6, 6.07) is 0. The lowest BCUT2D eigenvalue weighted by atomic mass is 9.76. The van der Waals surface area contributed by atoms with Crippen molar-refractivity contribution >= 4 is 34.5 Å². The maximum Gasteiger partial charge on any atom is 0.168 e. The van der Waals surface area contributed by atoms with Crippen LogP contribution in [0, 0.1) is 16.2 Å². The number of hydrogen-bond acceptors (Lipinski definition) is 13. The molecule has 13 nitrogen and oxygen atoms in total. The number of carbonyl (C=O) groups excluding carboxylic acids is 3. The summed E-state index contributed by atoms with van der Waals surface area (Å²) in [6.07, 6.45) is 4.17. The number of Topliss-reactive ketones (excluding diaryl/α,β-unsaturated/α-hetero) is 3. The average Bonchev–Trinajstić information content (AvgIpc) is 3.03. The highest BCUT2D eigenvalue weighted by Crippen LogP contribution is 2.38. The lowest BCUT2D eigenvalue weighted by Gasteiger charge is -2.29. The second-order valence-electron chi connectivity index (χ2n) is 18.3. The first kappa shape index (κ1) is 46.9. The number of aliphatic hydroxyl groups excluding tert-OH is 3. The predicted octanol–water partition coefficient (Wildman–Crippen LogP) is 6.89. The molecule has 3 rings (SSSR count). The van der Waals surface area contributed by atoms with Crippen LogP contribution in [-0.2, 0) is 28.6 Å². The third-order valence-electron chi connectivity index (χ3n) is 10.2. The first-order valence-electron chi connectivity index (χ1n) is 20.0. The van der Waals surface area contributed by atoms with Crippen molar-refractivity contribution in [3.63, 3.8) is 0 Å². The third-order valence-corrected chi connectivity index (χ3v) is 10.2. The van der Waals surface area contributed by atoms with Gasteiger partial charge in [-0.1, -0.05) is 41.5 Å². The van der Waals surface area contributed by atoms with Gasteiger partial charge >= 0.3 is 0 Å². The quantitative estimate of drug-likeness (QED) is 0.0701. The van der Waals surface area contributed by atoms with Gasteiger partial charge in [0.15, 0.2) is 17.3 Å². The summed E-state index contributed by atoms with van der Waals surface area (Å²) in [5, 5.41) is 31.5. The standard InChI is InChI=1S/C43H68N4O9/c1-28(37-31(48)19-40(4,5)20-32(37)49)45-13-10-16-54-25-43(44,26-55-17-11-14-46-29(2)38-33(50)21-41(6,7)22-34(38)51)27-56-18-12-15-47-30(3)39-35(52)23-42(8,9)24-36(39)53/h48,50,52H,10-27,44H2,1-9H3. The Morgan fingerprint density at radius 3 is 1.02 bits per heavy atom. The van der Waals surface area contributed by atoms with E-state index in [0.717, 1.165) is 0 Å². The Balaban J connectivity index is 1.51. The monoisotopic (exact) mass is 784 g/mol. The lowest BCUT2D eigenvalue weighted by Crippen LogP contribution is -2.53. The highest BCUT2D eigenvalue weighted by atomic mass is 16.5. The van der Waals surface area contributed by atoms with Crippen LogP contribution in [0.4, 0.5) is 0 Å². The van der Waals surface area contributed by atoms with E-state index >= 15 is 0 Å². The van der Waals surface area contributed by atoms with Crippen molar-refractivity contribution in [2.75, 3.05) is 59.3 Å². The third kappa shape index (κ3) is 14.5. The number of carbonyl (C=O) groups is 3. The molecule has 0 aliphatic heterocycles. The summed E-state index contributed by atoms with van der Waals surface area (Å²) < 4.78 is 17.9. The molecule has 0 amide bonds. The molecule has 0 saturated heterocycles. The molecule has 13 heteroatoms. The fourth-order valence-corrected chi connectivity index (χ4v) is 7.52. The molecule has 0 aromatic heterocycles. The van der Waals surface area contributed by atoms with Crippen LogP contribution in [0.1, 0.15) is 120 Å². The molecule has 5 N–H and O–H groups in total. The molecule has 0 heterocycles. The topological polar surface area (TPSA) is 203 Å². The van der Waals surface area contributed by atoms with Gasteiger partial charge in [-0.3, -0.25) is 29.4 Å². The van der Waals surface area contributed by atoms with Crippen LogP contribution in [-0.4, -0.2) is 115 Å². The fourth-order valence-electron chi connectivity index (χ4n) is 7.52. The molecule has 0 radical (unpaired) electrons. The van der Waals surface area contributed by atoms with Crippen molar-refractivity contribution in [2.24, 2.45) is 37.0 Å². The molecule has 0 bridgehead atoms. The second-order valence-corrected chi connectivity index (χ2v) is 18.3. The van der Waals surface area contributed by atoms with Crippen LogP contribution in [0.5, 0.6) is 0 Å². The van der Waals surface area contributed by atoms with Crippen LogP contribution in [0.3, 0.4) is 0 Å². The van der Waals surface area contributed by atoms with Crippen molar-refractivity contribution in [1.82, 2.24) is 0 Å². The molecule has 0 unspecified atom stereocenters. The maximum absolute atomic E-state index is 12.7. The number of ether oxygens (including phenoxy) is 3. The van der Waals surface area contributed by atoms with Gasteiger partial charge in [0.1, 0.15) is 17.3 Å². The van der Waals surface area contributed by atoms with Gasteiger partial charge in [-0.05, 0) is 56.3 Å². The van der Waals surface area contributed by atoms with E-state index in [1.54, 1.807) is 20.8 Å². The minimum Gasteiger partial charge on any atom is -0.511 e. The second kappa shape index (κ2) is 20.3. The molecular formula is C43H68N4O9. The smallest absolute Gasteiger partial charge is 0.168 e. The van der Waals surface area contributed by atoms with Gasteiger partial charge in [0.05, 0.1) is 42.1 Å².